The molecule has 0 heterocycles. The van der Waals surface area contributed by atoms with Gasteiger partial charge in [-0.2, -0.15) is 0 Å². The van der Waals surface area contributed by atoms with Gasteiger partial charge in [0.25, 0.3) is 0 Å². The van der Waals surface area contributed by atoms with Crippen LogP contribution in [0.5, 0.6) is 0 Å². The molecule has 0 radical (unpaired) electrons. The van der Waals surface area contributed by atoms with Crippen LogP contribution in [-0.4, -0.2) is 34.8 Å². The third kappa shape index (κ3) is 4.08. The second-order valence-corrected chi connectivity index (χ2v) is 4.55. The second-order valence-electron chi connectivity index (χ2n) is 3.24. The molecule has 1 aromatic carbocycles. The first-order chi connectivity index (χ1) is 7.67. The van der Waals surface area contributed by atoms with Crippen molar-refractivity contribution in [2.75, 3.05) is 25.0 Å². The number of hydrogen-bond donors (Lipinski definition) is 2. The molecular formula is C11H15BrN2OS. The first kappa shape index (κ1) is 13.4. The molecular weight excluding hydrogens is 288 g/mol. The number of rotatable bonds is 4. The van der Waals surface area contributed by atoms with E-state index in [1.54, 1.807) is 0 Å². The quantitative estimate of drug-likeness (QED) is 0.838. The first-order valence-electron chi connectivity index (χ1n) is 5.09. The van der Waals surface area contributed by atoms with Gasteiger partial charge in [0.15, 0.2) is 5.11 Å². The number of aliphatic hydroxyl groups is 1. The van der Waals surface area contributed by atoms with Crippen molar-refractivity contribution in [1.82, 2.24) is 4.90 Å². The Bertz CT molecular complexity index is 360. The summed E-state index contributed by atoms with van der Waals surface area (Å²) in [6.45, 7) is 3.44. The van der Waals surface area contributed by atoms with Gasteiger partial charge in [0.05, 0.1) is 6.61 Å². The van der Waals surface area contributed by atoms with E-state index < -0.39 is 0 Å². The third-order valence-electron chi connectivity index (χ3n) is 2.11. The van der Waals surface area contributed by atoms with Gasteiger partial charge >= 0.3 is 0 Å². The van der Waals surface area contributed by atoms with Crippen LogP contribution < -0.4 is 5.32 Å². The number of nitrogens with zero attached hydrogens (tertiary/aromatic N) is 1. The summed E-state index contributed by atoms with van der Waals surface area (Å²) >= 11 is 8.65. The number of nitrogens with one attached hydrogen (secondary N) is 1. The van der Waals surface area contributed by atoms with Crippen molar-refractivity contribution in [3.63, 3.8) is 0 Å². The molecule has 0 fully saturated rings. The molecule has 1 rings (SSSR count). The van der Waals surface area contributed by atoms with Crippen molar-refractivity contribution in [3.8, 4) is 0 Å². The van der Waals surface area contributed by atoms with Crippen molar-refractivity contribution in [2.45, 2.75) is 6.92 Å². The van der Waals surface area contributed by atoms with Gasteiger partial charge in [-0.1, -0.05) is 22.0 Å². The largest absolute Gasteiger partial charge is 0.395 e. The van der Waals surface area contributed by atoms with Crippen molar-refractivity contribution in [1.29, 1.82) is 0 Å². The lowest BCUT2D eigenvalue weighted by atomic mass is 10.3. The van der Waals surface area contributed by atoms with Gasteiger partial charge in [-0.05, 0) is 37.3 Å². The van der Waals surface area contributed by atoms with Gasteiger partial charge in [0.2, 0.25) is 0 Å². The maximum absolute atomic E-state index is 8.89. The van der Waals surface area contributed by atoms with Gasteiger partial charge in [-0.15, -0.1) is 0 Å². The topological polar surface area (TPSA) is 35.5 Å². The minimum absolute atomic E-state index is 0.105. The molecule has 0 bridgehead atoms. The van der Waals surface area contributed by atoms with E-state index in [0.717, 1.165) is 16.7 Å². The molecule has 5 heteroatoms. The summed E-state index contributed by atoms with van der Waals surface area (Å²) in [5.74, 6) is 0. The highest BCUT2D eigenvalue weighted by Gasteiger charge is 2.06. The zero-order valence-electron chi connectivity index (χ0n) is 9.11. The summed E-state index contributed by atoms with van der Waals surface area (Å²) in [5, 5.41) is 12.7. The highest BCUT2D eigenvalue weighted by Crippen LogP contribution is 2.16. The minimum atomic E-state index is 0.105. The average Bonchev–Trinajstić information content (AvgIpc) is 2.25. The van der Waals surface area contributed by atoms with E-state index in [1.807, 2.05) is 36.1 Å². The molecule has 0 aliphatic rings. The van der Waals surface area contributed by atoms with Gasteiger partial charge in [0.1, 0.15) is 0 Å². The monoisotopic (exact) mass is 302 g/mol. The van der Waals surface area contributed by atoms with Gasteiger partial charge < -0.3 is 15.3 Å². The van der Waals surface area contributed by atoms with Crippen LogP contribution in [0, 0.1) is 0 Å². The maximum atomic E-state index is 8.89. The molecule has 0 unspecified atom stereocenters. The zero-order valence-corrected chi connectivity index (χ0v) is 11.5. The molecule has 1 aromatic rings. The van der Waals surface area contributed by atoms with Crippen molar-refractivity contribution < 1.29 is 5.11 Å². The number of thiocarbonyl (C=S) groups is 1. The van der Waals surface area contributed by atoms with Crippen LogP contribution >= 0.6 is 28.1 Å². The predicted octanol–water partition coefficient (Wildman–Crippen LogP) is 2.46. The van der Waals surface area contributed by atoms with Crippen LogP contribution in [0.4, 0.5) is 5.69 Å². The summed E-state index contributed by atoms with van der Waals surface area (Å²) in [6, 6.07) is 7.81. The van der Waals surface area contributed by atoms with Crippen molar-refractivity contribution in [3.05, 3.63) is 28.7 Å². The Morgan fingerprint density at radius 1 is 1.56 bits per heavy atom. The molecule has 3 nitrogen and oxygen atoms in total. The number of likely N-dealkylation sites (N-methyl/N-ethyl adjacent to an activating group) is 1. The molecule has 2 N–H and O–H groups in total. The second kappa shape index (κ2) is 6.83. The highest BCUT2D eigenvalue weighted by atomic mass is 79.9. The summed E-state index contributed by atoms with van der Waals surface area (Å²) in [5.41, 5.74) is 0.941. The van der Waals surface area contributed by atoms with Crippen LogP contribution in [0.1, 0.15) is 6.92 Å². The molecule has 0 spiro atoms. The Morgan fingerprint density at radius 2 is 2.31 bits per heavy atom. The Labute approximate surface area is 110 Å². The van der Waals surface area contributed by atoms with Gasteiger partial charge in [0, 0.05) is 23.2 Å². The Morgan fingerprint density at radius 3 is 2.88 bits per heavy atom. The lowest BCUT2D eigenvalue weighted by Gasteiger charge is -2.23. The molecule has 16 heavy (non-hydrogen) atoms. The standard InChI is InChI=1S/C11H15BrN2OS/c1-2-14(6-7-15)11(16)13-10-5-3-4-9(12)8-10/h3-5,8,15H,2,6-7H2,1H3,(H,13,16). The Kier molecular flexibility index (Phi) is 5.73. The minimum Gasteiger partial charge on any atom is -0.395 e. The SMILES string of the molecule is CCN(CCO)C(=S)Nc1cccc(Br)c1. The molecule has 0 aliphatic carbocycles. The van der Waals surface area contributed by atoms with Crippen LogP contribution in [-0.2, 0) is 0 Å². The fourth-order valence-electron chi connectivity index (χ4n) is 1.29. The summed E-state index contributed by atoms with van der Waals surface area (Å²) in [6.07, 6.45) is 0. The Hall–Kier alpha value is -0.650. The molecule has 0 aliphatic heterocycles. The summed E-state index contributed by atoms with van der Waals surface area (Å²) < 4.78 is 1.01. The predicted molar refractivity (Wildman–Crippen MR) is 74.7 cm³/mol. The number of halogens is 1. The molecule has 0 saturated heterocycles. The van der Waals surface area contributed by atoms with E-state index in [2.05, 4.69) is 21.2 Å². The van der Waals surface area contributed by atoms with Gasteiger partial charge in [-0.3, -0.25) is 0 Å². The van der Waals surface area contributed by atoms with E-state index in [0.29, 0.717) is 11.7 Å². The van der Waals surface area contributed by atoms with E-state index >= 15 is 0 Å². The molecule has 88 valence electrons. The number of anilines is 1. The highest BCUT2D eigenvalue weighted by molar-refractivity contribution is 9.10. The smallest absolute Gasteiger partial charge is 0.173 e. The van der Waals surface area contributed by atoms with E-state index in [4.69, 9.17) is 17.3 Å². The first-order valence-corrected chi connectivity index (χ1v) is 6.30. The van der Waals surface area contributed by atoms with E-state index in [-0.39, 0.29) is 6.61 Å². The van der Waals surface area contributed by atoms with E-state index in [1.165, 1.54) is 0 Å². The molecule has 0 saturated carbocycles. The normalized spacial score (nSPS) is 9.94. The molecule has 0 amide bonds. The lowest BCUT2D eigenvalue weighted by molar-refractivity contribution is 0.254. The van der Waals surface area contributed by atoms with Crippen LogP contribution in [0.25, 0.3) is 0 Å². The fraction of sp³-hybridized carbons (Fsp3) is 0.364. The molecule has 0 aromatic heterocycles. The summed E-state index contributed by atoms with van der Waals surface area (Å²) in [4.78, 5) is 1.91. The third-order valence-corrected chi connectivity index (χ3v) is 2.97. The van der Waals surface area contributed by atoms with Crippen LogP contribution in [0.3, 0.4) is 0 Å². The fourth-order valence-corrected chi connectivity index (χ4v) is 2.03. The Balaban J connectivity index is 2.62. The molecule has 0 atom stereocenters. The number of aliphatic hydroxyl groups excluding tert-OH is 1. The lowest BCUT2D eigenvalue weighted by Crippen LogP contribution is -2.36. The number of hydrogen-bond acceptors (Lipinski definition) is 2. The zero-order chi connectivity index (χ0) is 12.0. The van der Waals surface area contributed by atoms with Crippen molar-refractivity contribution >= 4 is 38.9 Å². The van der Waals surface area contributed by atoms with Gasteiger partial charge in [-0.25, -0.2) is 0 Å². The van der Waals surface area contributed by atoms with Crippen LogP contribution in [0.2, 0.25) is 0 Å². The summed E-state index contributed by atoms with van der Waals surface area (Å²) in [7, 11) is 0. The van der Waals surface area contributed by atoms with E-state index in [9.17, 15) is 0 Å². The van der Waals surface area contributed by atoms with Crippen molar-refractivity contribution in [2.24, 2.45) is 0 Å². The maximum Gasteiger partial charge on any atom is 0.173 e. The van der Waals surface area contributed by atoms with Crippen LogP contribution in [0.15, 0.2) is 28.7 Å². The average molecular weight is 303 g/mol. The number of benzene rings is 1.